The summed E-state index contributed by atoms with van der Waals surface area (Å²) in [6.07, 6.45) is 0. The molecule has 0 fully saturated rings. The van der Waals surface area contributed by atoms with Crippen LogP contribution in [0.15, 0.2) is 0 Å². The van der Waals surface area contributed by atoms with Gasteiger partial charge in [-0.2, -0.15) is 0 Å². The van der Waals surface area contributed by atoms with Crippen LogP contribution in [0, 0.1) is 0 Å². The Kier molecular flexibility index (Phi) is 4.21. The van der Waals surface area contributed by atoms with Gasteiger partial charge in [-0.3, -0.25) is 0 Å². The second kappa shape index (κ2) is 4.01. The van der Waals surface area contributed by atoms with Gasteiger partial charge >= 0.3 is 84.7 Å². The van der Waals surface area contributed by atoms with Crippen LogP contribution >= 0.6 is 0 Å². The molecule has 0 aliphatic rings. The Bertz CT molecular complexity index is 239. The van der Waals surface area contributed by atoms with Crippen LogP contribution in [0.25, 0.3) is 0 Å². The third-order valence-corrected chi connectivity index (χ3v) is 8.66. The van der Waals surface area contributed by atoms with Gasteiger partial charge in [-0.25, -0.2) is 0 Å². The topological polar surface area (TPSA) is 52.6 Å². The molecule has 4 nitrogen and oxygen atoms in total. The van der Waals surface area contributed by atoms with Crippen molar-refractivity contribution in [2.75, 3.05) is 0 Å². The molecular formula is C6H18GeO4SSi. The van der Waals surface area contributed by atoms with Crippen molar-refractivity contribution in [3.8, 4) is 0 Å². The van der Waals surface area contributed by atoms with E-state index in [4.69, 9.17) is 7.08 Å². The van der Waals surface area contributed by atoms with Crippen molar-refractivity contribution < 1.29 is 15.5 Å². The molecule has 80 valence electrons. The van der Waals surface area contributed by atoms with Crippen molar-refractivity contribution in [1.82, 2.24) is 0 Å². The van der Waals surface area contributed by atoms with Crippen molar-refractivity contribution >= 4 is 32.3 Å². The Labute approximate surface area is 84.8 Å². The second-order valence-electron chi connectivity index (χ2n) is 4.80. The molecule has 0 amide bonds. The summed E-state index contributed by atoms with van der Waals surface area (Å²) in [7, 11) is -5.83. The van der Waals surface area contributed by atoms with E-state index in [9.17, 15) is 8.42 Å². The average molecular weight is 287 g/mol. The molecule has 13 heavy (non-hydrogen) atoms. The van der Waals surface area contributed by atoms with Crippen LogP contribution in [-0.2, 0) is 17.5 Å². The van der Waals surface area contributed by atoms with E-state index in [0.717, 1.165) is 0 Å². The molecule has 0 saturated carbocycles. The fourth-order valence-electron chi connectivity index (χ4n) is 0.629. The summed E-state index contributed by atoms with van der Waals surface area (Å²) < 4.78 is 32.5. The van der Waals surface area contributed by atoms with Gasteiger partial charge in [0.15, 0.2) is 0 Å². The average Bonchev–Trinajstić information content (AvgIpc) is 1.43. The molecule has 0 rings (SSSR count). The van der Waals surface area contributed by atoms with Crippen LogP contribution in [-0.4, -0.2) is 30.3 Å². The Morgan fingerprint density at radius 2 is 1.46 bits per heavy atom. The van der Waals surface area contributed by atoms with Crippen LogP contribution in [0.3, 0.4) is 0 Å². The molecule has 0 radical (unpaired) electrons. The summed E-state index contributed by atoms with van der Waals surface area (Å²) in [5, 5.41) is 0. The Balaban J connectivity index is 4.46. The third-order valence-electron chi connectivity index (χ3n) is 0.704. The maximum absolute atomic E-state index is 11.3. The molecule has 0 aromatic heterocycles. The van der Waals surface area contributed by atoms with Crippen LogP contribution in [0.4, 0.5) is 0 Å². The molecule has 0 saturated heterocycles. The van der Waals surface area contributed by atoms with Gasteiger partial charge in [0.05, 0.1) is 0 Å². The van der Waals surface area contributed by atoms with Gasteiger partial charge in [0, 0.05) is 0 Å². The van der Waals surface area contributed by atoms with Crippen LogP contribution < -0.4 is 0 Å². The molecule has 0 aliphatic carbocycles. The van der Waals surface area contributed by atoms with E-state index < -0.39 is 32.3 Å². The van der Waals surface area contributed by atoms with Gasteiger partial charge in [0.2, 0.25) is 0 Å². The minimum absolute atomic E-state index is 1.81. The second-order valence-corrected chi connectivity index (χ2v) is 20.6. The predicted octanol–water partition coefficient (Wildman–Crippen LogP) is 1.93. The minimum atomic E-state index is -3.75. The van der Waals surface area contributed by atoms with Crippen LogP contribution in [0.1, 0.15) is 0 Å². The van der Waals surface area contributed by atoms with Gasteiger partial charge in [-0.15, -0.1) is 0 Å². The van der Waals surface area contributed by atoms with E-state index in [-0.39, 0.29) is 0 Å². The number of hydrogen-bond acceptors (Lipinski definition) is 4. The number of rotatable bonds is 4. The van der Waals surface area contributed by atoms with Crippen molar-refractivity contribution in [3.05, 3.63) is 0 Å². The Morgan fingerprint density at radius 1 is 1.08 bits per heavy atom. The Hall–Kier alpha value is 0.630. The van der Waals surface area contributed by atoms with Crippen molar-refractivity contribution in [1.29, 1.82) is 0 Å². The van der Waals surface area contributed by atoms with Gasteiger partial charge in [0.25, 0.3) is 0 Å². The molecule has 0 atom stereocenters. The monoisotopic (exact) mass is 288 g/mol. The van der Waals surface area contributed by atoms with E-state index >= 15 is 0 Å². The molecule has 7 heteroatoms. The SMILES string of the molecule is C[Si](C)(C)OS(=O)(=O)[O][Ge]([CH3])([CH3])[CH3]. The third kappa shape index (κ3) is 8.95. The van der Waals surface area contributed by atoms with E-state index in [0.29, 0.717) is 0 Å². The molecular weight excluding hydrogens is 269 g/mol. The van der Waals surface area contributed by atoms with Gasteiger partial charge in [-0.1, -0.05) is 0 Å². The summed E-state index contributed by atoms with van der Waals surface area (Å²) in [5.41, 5.74) is 0. The first-order valence-corrected chi connectivity index (χ1v) is 16.0. The van der Waals surface area contributed by atoms with Crippen LogP contribution in [0.2, 0.25) is 36.9 Å². The molecule has 0 heterocycles. The predicted molar refractivity (Wildman–Crippen MR) is 57.8 cm³/mol. The summed E-state index contributed by atoms with van der Waals surface area (Å²) >= 11 is -2.55. The molecule has 0 aromatic carbocycles. The normalized spacial score (nSPS) is 14.6. The molecule has 0 spiro atoms. The fourth-order valence-corrected chi connectivity index (χ4v) is 8.32. The van der Waals surface area contributed by atoms with Gasteiger partial charge in [-0.05, 0) is 0 Å². The van der Waals surface area contributed by atoms with Crippen LogP contribution in [0.5, 0.6) is 0 Å². The summed E-state index contributed by atoms with van der Waals surface area (Å²) in [6, 6.07) is 0. The van der Waals surface area contributed by atoms with E-state index in [1.807, 2.05) is 36.9 Å². The zero-order valence-electron chi connectivity index (χ0n) is 9.04. The summed E-state index contributed by atoms with van der Waals surface area (Å²) in [5.74, 6) is 5.56. The molecule has 0 aromatic rings. The Morgan fingerprint density at radius 3 is 1.69 bits per heavy atom. The molecule has 0 unspecified atom stereocenters. The quantitative estimate of drug-likeness (QED) is 0.741. The maximum atomic E-state index is 11.3. The first-order valence-electron chi connectivity index (χ1n) is 4.07. The summed E-state index contributed by atoms with van der Waals surface area (Å²) in [4.78, 5) is 0. The fraction of sp³-hybridized carbons (Fsp3) is 1.00. The first kappa shape index (κ1) is 13.6. The zero-order chi connectivity index (χ0) is 10.9. The van der Waals surface area contributed by atoms with Gasteiger partial charge in [0.1, 0.15) is 0 Å². The van der Waals surface area contributed by atoms with Gasteiger partial charge < -0.3 is 0 Å². The van der Waals surface area contributed by atoms with E-state index in [2.05, 4.69) is 0 Å². The number of hydrogen-bond donors (Lipinski definition) is 0. The standard InChI is InChI=1S/C6H18GeO4SSi/c1-7(2,3)10-12(8,9)11-13(4,5)6/h1-6H3. The van der Waals surface area contributed by atoms with E-state index in [1.165, 1.54) is 0 Å². The molecule has 0 aliphatic heterocycles. The van der Waals surface area contributed by atoms with Crippen molar-refractivity contribution in [2.45, 2.75) is 36.9 Å². The first-order chi connectivity index (χ1) is 5.41. The van der Waals surface area contributed by atoms with Crippen molar-refractivity contribution in [3.63, 3.8) is 0 Å². The zero-order valence-corrected chi connectivity index (χ0v) is 13.0. The summed E-state index contributed by atoms with van der Waals surface area (Å²) in [6.45, 7) is 5.43. The van der Waals surface area contributed by atoms with Crippen molar-refractivity contribution in [2.24, 2.45) is 0 Å². The van der Waals surface area contributed by atoms with E-state index in [1.54, 1.807) is 0 Å². The molecule has 0 N–H and O–H groups in total. The molecule has 0 bridgehead atoms.